The van der Waals surface area contributed by atoms with Crippen LogP contribution in [0.4, 0.5) is 5.82 Å². The summed E-state index contributed by atoms with van der Waals surface area (Å²) in [5, 5.41) is 14.2. The predicted molar refractivity (Wildman–Crippen MR) is 51.5 cm³/mol. The molecule has 0 saturated carbocycles. The lowest BCUT2D eigenvalue weighted by molar-refractivity contribution is 1.19. The summed E-state index contributed by atoms with van der Waals surface area (Å²) in [6.07, 6.45) is 1.50. The average Bonchev–Trinajstić information content (AvgIpc) is 2.62. The molecule has 0 aliphatic carbocycles. The van der Waals surface area contributed by atoms with E-state index >= 15 is 0 Å². The van der Waals surface area contributed by atoms with Gasteiger partial charge in [-0.05, 0) is 11.4 Å². The summed E-state index contributed by atoms with van der Waals surface area (Å²) in [7, 11) is 0. The molecule has 0 amide bonds. The molecule has 2 heterocycles. The summed E-state index contributed by atoms with van der Waals surface area (Å²) in [5.41, 5.74) is 0. The van der Waals surface area contributed by atoms with Crippen LogP contribution in [-0.2, 0) is 0 Å². The van der Waals surface area contributed by atoms with Gasteiger partial charge in [-0.25, -0.2) is 9.97 Å². The standard InChI is InChI=1S/C8H6N4S/c9-2-3-10-7-6-1-4-13-8(6)12-5-11-7/h1,4-5H,3H2,(H,10,11,12). The molecule has 0 aliphatic heterocycles. The van der Waals surface area contributed by atoms with Crippen LogP contribution in [0.15, 0.2) is 17.8 Å². The summed E-state index contributed by atoms with van der Waals surface area (Å²) < 4.78 is 0. The van der Waals surface area contributed by atoms with Crippen molar-refractivity contribution in [3.8, 4) is 6.07 Å². The molecule has 4 nitrogen and oxygen atoms in total. The minimum Gasteiger partial charge on any atom is -0.356 e. The third-order valence-corrected chi connectivity index (χ3v) is 2.42. The number of fused-ring (bicyclic) bond motifs is 1. The van der Waals surface area contributed by atoms with E-state index in [9.17, 15) is 0 Å². The van der Waals surface area contributed by atoms with Gasteiger partial charge in [-0.15, -0.1) is 11.3 Å². The van der Waals surface area contributed by atoms with Crippen molar-refractivity contribution in [2.24, 2.45) is 0 Å². The number of thiophene rings is 1. The Balaban J connectivity index is 2.44. The third-order valence-electron chi connectivity index (χ3n) is 1.60. The number of aromatic nitrogens is 2. The highest BCUT2D eigenvalue weighted by Crippen LogP contribution is 2.23. The lowest BCUT2D eigenvalue weighted by atomic mass is 10.4. The number of hydrogen-bond donors (Lipinski definition) is 1. The molecule has 5 heteroatoms. The molecule has 0 spiro atoms. The van der Waals surface area contributed by atoms with Gasteiger partial charge >= 0.3 is 0 Å². The SMILES string of the molecule is N#CCNc1ncnc2sccc12. The fourth-order valence-electron chi connectivity index (χ4n) is 1.05. The number of hydrogen-bond acceptors (Lipinski definition) is 5. The fourth-order valence-corrected chi connectivity index (χ4v) is 1.79. The summed E-state index contributed by atoms with van der Waals surface area (Å²) in [5.74, 6) is 0.729. The van der Waals surface area contributed by atoms with Gasteiger partial charge in [-0.3, -0.25) is 0 Å². The predicted octanol–water partition coefficient (Wildman–Crippen LogP) is 1.63. The van der Waals surface area contributed by atoms with Crippen LogP contribution in [-0.4, -0.2) is 16.5 Å². The number of anilines is 1. The minimum atomic E-state index is 0.266. The van der Waals surface area contributed by atoms with E-state index in [4.69, 9.17) is 5.26 Å². The molecule has 2 rings (SSSR count). The molecule has 0 atom stereocenters. The van der Waals surface area contributed by atoms with Crippen LogP contribution < -0.4 is 5.32 Å². The minimum absolute atomic E-state index is 0.266. The van der Waals surface area contributed by atoms with Crippen molar-refractivity contribution < 1.29 is 0 Å². The van der Waals surface area contributed by atoms with Crippen LogP contribution in [0, 0.1) is 11.3 Å². The van der Waals surface area contributed by atoms with E-state index in [0.29, 0.717) is 0 Å². The van der Waals surface area contributed by atoms with Crippen molar-refractivity contribution in [1.29, 1.82) is 5.26 Å². The molecule has 0 saturated heterocycles. The fraction of sp³-hybridized carbons (Fsp3) is 0.125. The zero-order chi connectivity index (χ0) is 9.10. The lowest BCUT2D eigenvalue weighted by Gasteiger charge is -2.00. The van der Waals surface area contributed by atoms with Gasteiger partial charge < -0.3 is 5.32 Å². The van der Waals surface area contributed by atoms with Crippen LogP contribution in [0.1, 0.15) is 0 Å². The number of nitrogens with one attached hydrogen (secondary N) is 1. The van der Waals surface area contributed by atoms with E-state index in [1.807, 2.05) is 17.5 Å². The lowest BCUT2D eigenvalue weighted by Crippen LogP contribution is -2.00. The maximum absolute atomic E-state index is 8.40. The first-order valence-electron chi connectivity index (χ1n) is 3.71. The summed E-state index contributed by atoms with van der Waals surface area (Å²) in [6, 6.07) is 3.95. The van der Waals surface area contributed by atoms with Crippen LogP contribution in [0.5, 0.6) is 0 Å². The van der Waals surface area contributed by atoms with Crippen LogP contribution >= 0.6 is 11.3 Å². The van der Waals surface area contributed by atoms with E-state index in [2.05, 4.69) is 15.3 Å². The Labute approximate surface area is 78.9 Å². The Hall–Kier alpha value is -1.67. The highest BCUT2D eigenvalue weighted by atomic mass is 32.1. The van der Waals surface area contributed by atoms with Crippen molar-refractivity contribution in [1.82, 2.24) is 9.97 Å². The molecule has 0 aromatic carbocycles. The molecule has 0 radical (unpaired) electrons. The van der Waals surface area contributed by atoms with Crippen molar-refractivity contribution in [2.75, 3.05) is 11.9 Å². The number of nitriles is 1. The van der Waals surface area contributed by atoms with Crippen LogP contribution in [0.25, 0.3) is 10.2 Å². The first-order valence-corrected chi connectivity index (χ1v) is 4.59. The third kappa shape index (κ3) is 1.44. The Kier molecular flexibility index (Phi) is 2.06. The zero-order valence-electron chi connectivity index (χ0n) is 6.69. The average molecular weight is 190 g/mol. The van der Waals surface area contributed by atoms with Crippen molar-refractivity contribution >= 4 is 27.4 Å². The molecule has 0 fully saturated rings. The van der Waals surface area contributed by atoms with Gasteiger partial charge in [0.25, 0.3) is 0 Å². The monoisotopic (exact) mass is 190 g/mol. The highest BCUT2D eigenvalue weighted by Gasteiger charge is 2.02. The van der Waals surface area contributed by atoms with Crippen molar-refractivity contribution in [3.63, 3.8) is 0 Å². The molecule has 2 aromatic heterocycles. The van der Waals surface area contributed by atoms with E-state index < -0.39 is 0 Å². The molecule has 1 N–H and O–H groups in total. The number of rotatable bonds is 2. The van der Waals surface area contributed by atoms with E-state index in [1.165, 1.54) is 6.33 Å². The first kappa shape index (κ1) is 7.95. The van der Waals surface area contributed by atoms with Crippen molar-refractivity contribution in [3.05, 3.63) is 17.8 Å². The second kappa shape index (κ2) is 3.37. The van der Waals surface area contributed by atoms with E-state index in [0.717, 1.165) is 16.0 Å². The first-order chi connectivity index (χ1) is 6.42. The highest BCUT2D eigenvalue weighted by molar-refractivity contribution is 7.16. The Bertz CT molecular complexity index is 456. The van der Waals surface area contributed by atoms with Gasteiger partial charge in [0.1, 0.15) is 23.5 Å². The largest absolute Gasteiger partial charge is 0.356 e. The van der Waals surface area contributed by atoms with Gasteiger partial charge in [0, 0.05) is 0 Å². The van der Waals surface area contributed by atoms with Gasteiger partial charge in [0.05, 0.1) is 11.5 Å². The van der Waals surface area contributed by atoms with Crippen LogP contribution in [0.2, 0.25) is 0 Å². The Morgan fingerprint density at radius 3 is 3.31 bits per heavy atom. The quantitative estimate of drug-likeness (QED) is 0.731. The maximum atomic E-state index is 8.40. The summed E-state index contributed by atoms with van der Waals surface area (Å²) in [6.45, 7) is 0.266. The molecule has 64 valence electrons. The second-order valence-corrected chi connectivity index (χ2v) is 3.27. The van der Waals surface area contributed by atoms with Gasteiger partial charge in [0.2, 0.25) is 0 Å². The topological polar surface area (TPSA) is 61.6 Å². The van der Waals surface area contributed by atoms with Gasteiger partial charge in [-0.2, -0.15) is 5.26 Å². The molecule has 2 aromatic rings. The molecular weight excluding hydrogens is 184 g/mol. The Morgan fingerprint density at radius 1 is 1.54 bits per heavy atom. The zero-order valence-corrected chi connectivity index (χ0v) is 7.51. The summed E-state index contributed by atoms with van der Waals surface area (Å²) in [4.78, 5) is 9.08. The van der Waals surface area contributed by atoms with E-state index in [1.54, 1.807) is 11.3 Å². The molecule has 13 heavy (non-hydrogen) atoms. The number of nitrogens with zero attached hydrogens (tertiary/aromatic N) is 3. The molecular formula is C8H6N4S. The van der Waals surface area contributed by atoms with Crippen molar-refractivity contribution in [2.45, 2.75) is 0 Å². The second-order valence-electron chi connectivity index (χ2n) is 2.37. The Morgan fingerprint density at radius 2 is 2.46 bits per heavy atom. The maximum Gasteiger partial charge on any atom is 0.138 e. The summed E-state index contributed by atoms with van der Waals surface area (Å²) >= 11 is 1.56. The normalized spacial score (nSPS) is 9.77. The van der Waals surface area contributed by atoms with Gasteiger partial charge in [0.15, 0.2) is 0 Å². The van der Waals surface area contributed by atoms with Gasteiger partial charge in [-0.1, -0.05) is 0 Å². The molecule has 0 bridgehead atoms. The smallest absolute Gasteiger partial charge is 0.138 e. The molecule has 0 aliphatic rings. The van der Waals surface area contributed by atoms with E-state index in [-0.39, 0.29) is 6.54 Å². The van der Waals surface area contributed by atoms with Crippen LogP contribution in [0.3, 0.4) is 0 Å². The molecule has 0 unspecified atom stereocenters.